The van der Waals surface area contributed by atoms with Gasteiger partial charge in [-0.1, -0.05) is 0 Å². The second-order valence-electron chi connectivity index (χ2n) is 10.1. The van der Waals surface area contributed by atoms with E-state index in [1.165, 1.54) is 10.9 Å². The first-order valence-corrected chi connectivity index (χ1v) is 13.1. The van der Waals surface area contributed by atoms with Gasteiger partial charge < -0.3 is 24.2 Å². The highest BCUT2D eigenvalue weighted by molar-refractivity contribution is 7.09. The van der Waals surface area contributed by atoms with E-state index in [2.05, 4.69) is 33.6 Å². The molecule has 2 aliphatic heterocycles. The Bertz CT molecular complexity index is 1200. The van der Waals surface area contributed by atoms with Crippen molar-refractivity contribution in [3.05, 3.63) is 46.0 Å². The van der Waals surface area contributed by atoms with Gasteiger partial charge in [0.25, 0.3) is 0 Å². The summed E-state index contributed by atoms with van der Waals surface area (Å²) >= 11 is 1.70. The smallest absolute Gasteiger partial charge is 0.237 e. The summed E-state index contributed by atoms with van der Waals surface area (Å²) in [7, 11) is 7.56. The Morgan fingerprint density at radius 3 is 2.71 bits per heavy atom. The van der Waals surface area contributed by atoms with Crippen LogP contribution in [0.25, 0.3) is 10.9 Å². The number of hydrogen-bond donors (Lipinski definition) is 1. The molecule has 0 unspecified atom stereocenters. The Morgan fingerprint density at radius 2 is 2.09 bits per heavy atom. The summed E-state index contributed by atoms with van der Waals surface area (Å²) in [6.45, 7) is 3.63. The molecule has 0 saturated carbocycles. The summed E-state index contributed by atoms with van der Waals surface area (Å²) in [4.78, 5) is 24.2. The molecule has 1 aromatic carbocycles. The maximum absolute atomic E-state index is 13.4. The minimum absolute atomic E-state index is 0.0622. The van der Waals surface area contributed by atoms with Crippen molar-refractivity contribution in [2.75, 3.05) is 54.0 Å². The highest BCUT2D eigenvalue weighted by Crippen LogP contribution is 2.50. The van der Waals surface area contributed by atoms with Crippen molar-refractivity contribution >= 4 is 28.1 Å². The van der Waals surface area contributed by atoms with Crippen LogP contribution in [0.5, 0.6) is 5.75 Å². The van der Waals surface area contributed by atoms with E-state index >= 15 is 0 Å². The zero-order valence-corrected chi connectivity index (χ0v) is 21.8. The van der Waals surface area contributed by atoms with Gasteiger partial charge in [0.05, 0.1) is 38.4 Å². The molecule has 0 aliphatic carbocycles. The summed E-state index contributed by atoms with van der Waals surface area (Å²) in [6, 6.07) is 5.88. The maximum Gasteiger partial charge on any atom is 0.237 e. The number of fused-ring (bicyclic) bond motifs is 4. The number of aliphatic hydroxyl groups excluding tert-OH is 1. The van der Waals surface area contributed by atoms with Crippen LogP contribution in [0.1, 0.15) is 35.1 Å². The number of methoxy groups -OCH3 is 1. The minimum atomic E-state index is -0.361. The second kappa shape index (κ2) is 9.54. The zero-order valence-electron chi connectivity index (χ0n) is 21.0. The quantitative estimate of drug-likeness (QED) is 0.565. The van der Waals surface area contributed by atoms with Gasteiger partial charge in [0, 0.05) is 47.7 Å². The van der Waals surface area contributed by atoms with Gasteiger partial charge >= 0.3 is 0 Å². The summed E-state index contributed by atoms with van der Waals surface area (Å²) in [6.07, 6.45) is 3.79. The Balaban J connectivity index is 1.59. The van der Waals surface area contributed by atoms with E-state index in [9.17, 15) is 9.90 Å². The van der Waals surface area contributed by atoms with E-state index in [1.54, 1.807) is 18.4 Å². The van der Waals surface area contributed by atoms with Crippen molar-refractivity contribution in [2.24, 2.45) is 7.05 Å². The molecule has 188 valence electrons. The normalized spacial score (nSPS) is 20.1. The Labute approximate surface area is 210 Å². The average Bonchev–Trinajstić information content (AvgIpc) is 3.46. The number of benzene rings is 1. The molecule has 0 radical (unpaired) electrons. The summed E-state index contributed by atoms with van der Waals surface area (Å²) in [5.74, 6) is 0.871. The third-order valence-electron chi connectivity index (χ3n) is 7.75. The van der Waals surface area contributed by atoms with Crippen molar-refractivity contribution in [3.63, 3.8) is 0 Å². The molecule has 1 fully saturated rings. The topological polar surface area (TPSA) is 74.1 Å². The number of hydrogen-bond acceptors (Lipinski definition) is 7. The molecule has 5 rings (SSSR count). The van der Waals surface area contributed by atoms with Crippen LogP contribution in [0.15, 0.2) is 29.8 Å². The minimum Gasteiger partial charge on any atom is -0.497 e. The number of ether oxygens (including phenoxy) is 1. The monoisotopic (exact) mass is 497 g/mol. The van der Waals surface area contributed by atoms with Gasteiger partial charge in [-0.25, -0.2) is 4.98 Å². The fourth-order valence-electron chi connectivity index (χ4n) is 6.05. The van der Waals surface area contributed by atoms with Gasteiger partial charge in [-0.05, 0) is 57.7 Å². The number of nitrogens with zero attached hydrogens (tertiary/aromatic N) is 5. The molecule has 1 amide bonds. The number of rotatable bonds is 6. The number of likely N-dealkylation sites (tertiary alicyclic amines) is 1. The van der Waals surface area contributed by atoms with E-state index in [1.807, 2.05) is 41.5 Å². The fraction of sp³-hybridized carbons (Fsp3) is 0.538. The van der Waals surface area contributed by atoms with Gasteiger partial charge in [-0.2, -0.15) is 0 Å². The van der Waals surface area contributed by atoms with E-state index in [-0.39, 0.29) is 24.0 Å². The lowest BCUT2D eigenvalue weighted by Crippen LogP contribution is -2.56. The van der Waals surface area contributed by atoms with Gasteiger partial charge in [-0.15, -0.1) is 11.3 Å². The van der Waals surface area contributed by atoms with Crippen molar-refractivity contribution in [1.29, 1.82) is 0 Å². The van der Waals surface area contributed by atoms with Crippen LogP contribution in [-0.2, 0) is 23.8 Å². The lowest BCUT2D eigenvalue weighted by Gasteiger charge is -2.50. The highest BCUT2D eigenvalue weighted by atomic mass is 32.1. The Kier molecular flexibility index (Phi) is 6.61. The molecule has 4 heterocycles. The van der Waals surface area contributed by atoms with E-state index in [0.29, 0.717) is 13.1 Å². The number of thiazole rings is 1. The molecule has 1 spiro atoms. The molecular formula is C26H35N5O3S. The molecule has 2 aromatic heterocycles. The Hall–Kier alpha value is -2.46. The summed E-state index contributed by atoms with van der Waals surface area (Å²) in [5, 5.41) is 14.9. The van der Waals surface area contributed by atoms with Gasteiger partial charge in [0.15, 0.2) is 0 Å². The zero-order chi connectivity index (χ0) is 24.7. The number of likely N-dealkylation sites (N-methyl/N-ethyl adjacent to an activating group) is 1. The third kappa shape index (κ3) is 4.24. The first-order chi connectivity index (χ1) is 16.9. The van der Waals surface area contributed by atoms with Crippen LogP contribution in [0.2, 0.25) is 0 Å². The van der Waals surface area contributed by atoms with Crippen molar-refractivity contribution in [3.8, 4) is 5.75 Å². The molecule has 0 bridgehead atoms. The highest BCUT2D eigenvalue weighted by Gasteiger charge is 2.49. The average molecular weight is 498 g/mol. The molecule has 1 atom stereocenters. The van der Waals surface area contributed by atoms with Crippen LogP contribution in [0, 0.1) is 0 Å². The SMILES string of the molecule is COc1ccc2c3c(n(C)c2c1)[C@@H](CO)N(C(=O)CN(C)C)CC31CCN(Cc2nccs2)CC1. The van der Waals surface area contributed by atoms with Gasteiger partial charge in [0.1, 0.15) is 10.8 Å². The largest absolute Gasteiger partial charge is 0.497 e. The van der Waals surface area contributed by atoms with Gasteiger partial charge in [-0.3, -0.25) is 9.69 Å². The molecule has 2 aliphatic rings. The van der Waals surface area contributed by atoms with Crippen LogP contribution >= 0.6 is 11.3 Å². The first-order valence-electron chi connectivity index (χ1n) is 12.2. The van der Waals surface area contributed by atoms with Crippen molar-refractivity contribution in [1.82, 2.24) is 24.3 Å². The number of amides is 1. The number of piperidine rings is 1. The molecule has 9 heteroatoms. The number of carbonyl (C=O) groups is 1. The third-order valence-corrected chi connectivity index (χ3v) is 8.51. The number of aryl methyl sites for hydroxylation is 1. The summed E-state index contributed by atoms with van der Waals surface area (Å²) < 4.78 is 7.70. The van der Waals surface area contributed by atoms with Crippen LogP contribution in [0.3, 0.4) is 0 Å². The molecular weight excluding hydrogens is 462 g/mol. The molecule has 1 saturated heterocycles. The number of carbonyl (C=O) groups excluding carboxylic acids is 1. The number of aromatic nitrogens is 2. The lowest BCUT2D eigenvalue weighted by atomic mass is 9.68. The maximum atomic E-state index is 13.4. The van der Waals surface area contributed by atoms with E-state index in [0.717, 1.165) is 54.4 Å². The van der Waals surface area contributed by atoms with E-state index in [4.69, 9.17) is 4.74 Å². The van der Waals surface area contributed by atoms with Crippen molar-refractivity contribution in [2.45, 2.75) is 30.8 Å². The first kappa shape index (κ1) is 24.2. The lowest BCUT2D eigenvalue weighted by molar-refractivity contribution is -0.138. The van der Waals surface area contributed by atoms with Crippen LogP contribution in [0.4, 0.5) is 0 Å². The second-order valence-corrected chi connectivity index (χ2v) is 11.1. The predicted octanol–water partition coefficient (Wildman–Crippen LogP) is 2.61. The fourth-order valence-corrected chi connectivity index (χ4v) is 6.71. The van der Waals surface area contributed by atoms with Crippen LogP contribution in [-0.4, -0.2) is 89.3 Å². The van der Waals surface area contributed by atoms with E-state index < -0.39 is 0 Å². The molecule has 35 heavy (non-hydrogen) atoms. The summed E-state index contributed by atoms with van der Waals surface area (Å²) in [5.41, 5.74) is 3.29. The molecule has 1 N–H and O–H groups in total. The standard InChI is InChI=1S/C26H35N5O3S/c1-28(2)15-23(33)31-17-26(7-10-30(11-8-26)14-22-27-9-12-35-22)24-19-6-5-18(34-4)13-20(19)29(3)25(24)21(31)16-32/h5-6,9,12-13,21,32H,7-8,10-11,14-17H2,1-4H3/t21-/m1/s1. The van der Waals surface area contributed by atoms with Gasteiger partial charge in [0.2, 0.25) is 5.91 Å². The predicted molar refractivity (Wildman–Crippen MR) is 138 cm³/mol. The molecule has 8 nitrogen and oxygen atoms in total. The number of aliphatic hydroxyl groups is 1. The Morgan fingerprint density at radius 1 is 1.31 bits per heavy atom. The van der Waals surface area contributed by atoms with Crippen molar-refractivity contribution < 1.29 is 14.6 Å². The molecule has 3 aromatic rings. The van der Waals surface area contributed by atoms with Crippen LogP contribution < -0.4 is 4.74 Å².